The van der Waals surface area contributed by atoms with Gasteiger partial charge in [0.25, 0.3) is 5.69 Å². The Morgan fingerprint density at radius 2 is 1.90 bits per heavy atom. The largest absolute Gasteiger partial charge is 0.349 e. The lowest BCUT2D eigenvalue weighted by atomic mass is 9.97. The Hall–Kier alpha value is -3.00. The third-order valence-corrected chi connectivity index (χ3v) is 6.13. The number of thioether (sulfide) groups is 1. The number of nitro groups is 1. The van der Waals surface area contributed by atoms with E-state index >= 15 is 0 Å². The maximum Gasteiger partial charge on any atom is 0.349 e. The molecule has 1 aliphatic carbocycles. The Morgan fingerprint density at radius 1 is 1.10 bits per heavy atom. The number of hydrogen-bond donors (Lipinski definition) is 0. The highest BCUT2D eigenvalue weighted by Gasteiger charge is 2.20. The quantitative estimate of drug-likeness (QED) is 0.267. The van der Waals surface area contributed by atoms with Crippen molar-refractivity contribution in [3.05, 3.63) is 91.8 Å². The molecule has 0 aliphatic heterocycles. The van der Waals surface area contributed by atoms with Crippen LogP contribution in [0.5, 0.6) is 0 Å². The summed E-state index contributed by atoms with van der Waals surface area (Å²) < 4.78 is 1.78. The zero-order valence-corrected chi connectivity index (χ0v) is 16.6. The molecule has 2 aromatic heterocycles. The molecule has 0 saturated heterocycles. The van der Waals surface area contributed by atoms with E-state index in [2.05, 4.69) is 9.97 Å². The van der Waals surface area contributed by atoms with Crippen LogP contribution in [0.15, 0.2) is 58.6 Å². The molecule has 4 rings (SSSR count). The van der Waals surface area contributed by atoms with Crippen LogP contribution in [0.1, 0.15) is 35.2 Å². The minimum absolute atomic E-state index is 0.0762. The van der Waals surface area contributed by atoms with E-state index in [1.165, 1.54) is 23.9 Å². The highest BCUT2D eigenvalue weighted by atomic mass is 32.2. The summed E-state index contributed by atoms with van der Waals surface area (Å²) in [6.45, 7) is 0.481. The first kappa shape index (κ1) is 19.3. The molecule has 0 spiro atoms. The van der Waals surface area contributed by atoms with E-state index in [1.54, 1.807) is 29.1 Å². The zero-order valence-electron chi connectivity index (χ0n) is 15.8. The smallest absolute Gasteiger partial charge is 0.291 e. The number of rotatable bonds is 6. The van der Waals surface area contributed by atoms with Gasteiger partial charge in [0, 0.05) is 41.5 Å². The van der Waals surface area contributed by atoms with Crippen LogP contribution in [0.25, 0.3) is 0 Å². The third kappa shape index (κ3) is 4.37. The lowest BCUT2D eigenvalue weighted by molar-refractivity contribution is -0.384. The van der Waals surface area contributed by atoms with E-state index in [4.69, 9.17) is 0 Å². The summed E-state index contributed by atoms with van der Waals surface area (Å²) >= 11 is 1.52. The lowest BCUT2D eigenvalue weighted by Crippen LogP contribution is -2.30. The van der Waals surface area contributed by atoms with Crippen LogP contribution >= 0.6 is 11.8 Å². The molecule has 0 bridgehead atoms. The predicted molar refractivity (Wildman–Crippen MR) is 111 cm³/mol. The summed E-state index contributed by atoms with van der Waals surface area (Å²) in [5.41, 5.74) is 4.02. The van der Waals surface area contributed by atoms with Crippen LogP contribution in [0.2, 0.25) is 0 Å². The van der Waals surface area contributed by atoms with E-state index in [1.807, 2.05) is 12.1 Å². The predicted octanol–water partition coefficient (Wildman–Crippen LogP) is 3.77. The van der Waals surface area contributed by atoms with Crippen molar-refractivity contribution in [1.82, 2.24) is 14.5 Å². The summed E-state index contributed by atoms with van der Waals surface area (Å²) in [5.74, 6) is 0.615. The molecule has 0 radical (unpaired) electrons. The second-order valence-electron chi connectivity index (χ2n) is 6.99. The topological polar surface area (TPSA) is 90.9 Å². The van der Waals surface area contributed by atoms with Gasteiger partial charge in [-0.1, -0.05) is 18.2 Å². The fourth-order valence-corrected chi connectivity index (χ4v) is 4.60. The third-order valence-electron chi connectivity index (χ3n) is 5.04. The van der Waals surface area contributed by atoms with Crippen molar-refractivity contribution in [2.75, 3.05) is 0 Å². The molecule has 0 saturated carbocycles. The number of fused-ring (bicyclic) bond motifs is 1. The Balaban J connectivity index is 1.60. The molecule has 1 aromatic carbocycles. The number of nitro benzene ring substituents is 1. The first-order chi connectivity index (χ1) is 14.1. The monoisotopic (exact) mass is 408 g/mol. The molecular formula is C21H20N4O3S. The second kappa shape index (κ2) is 8.57. The molecule has 0 atom stereocenters. The summed E-state index contributed by atoms with van der Waals surface area (Å²) in [6, 6.07) is 10.3. The molecule has 0 unspecified atom stereocenters. The van der Waals surface area contributed by atoms with Gasteiger partial charge in [-0.15, -0.1) is 11.8 Å². The van der Waals surface area contributed by atoms with Crippen molar-refractivity contribution in [1.29, 1.82) is 0 Å². The fraction of sp³-hybridized carbons (Fsp3) is 0.286. The van der Waals surface area contributed by atoms with Crippen molar-refractivity contribution in [2.45, 2.75) is 43.0 Å². The number of hydrogen-bond acceptors (Lipinski definition) is 6. The maximum absolute atomic E-state index is 12.8. The molecule has 1 aliphatic rings. The van der Waals surface area contributed by atoms with Gasteiger partial charge in [0.05, 0.1) is 11.5 Å². The summed E-state index contributed by atoms with van der Waals surface area (Å²) in [4.78, 5) is 31.7. The lowest BCUT2D eigenvalue weighted by Gasteiger charge is -2.22. The van der Waals surface area contributed by atoms with Crippen LogP contribution in [0.3, 0.4) is 0 Å². The van der Waals surface area contributed by atoms with Crippen LogP contribution in [0, 0.1) is 10.1 Å². The number of pyridine rings is 1. The Labute approximate surface area is 172 Å². The summed E-state index contributed by atoms with van der Waals surface area (Å²) in [6.07, 6.45) is 7.44. The van der Waals surface area contributed by atoms with Gasteiger partial charge in [-0.2, -0.15) is 4.98 Å². The standard InChI is InChI=1S/C21H20N4O3S/c26-21-23-20(29-14-15-7-9-17(10-8-15)25(27)28)18-5-1-2-6-19(18)24(21)13-16-4-3-11-22-12-16/h3-4,7-12H,1-2,5-6,13-14H2. The van der Waals surface area contributed by atoms with Crippen LogP contribution in [-0.4, -0.2) is 19.5 Å². The highest BCUT2D eigenvalue weighted by Crippen LogP contribution is 2.30. The molecule has 0 amide bonds. The first-order valence-corrected chi connectivity index (χ1v) is 10.5. The number of nitrogens with zero attached hydrogens (tertiary/aromatic N) is 4. The van der Waals surface area contributed by atoms with Crippen molar-refractivity contribution in [3.8, 4) is 0 Å². The van der Waals surface area contributed by atoms with Crippen molar-refractivity contribution < 1.29 is 4.92 Å². The van der Waals surface area contributed by atoms with Gasteiger partial charge in [0.1, 0.15) is 5.03 Å². The Bertz CT molecular complexity index is 1080. The molecular weight excluding hydrogens is 388 g/mol. The van der Waals surface area contributed by atoms with Gasteiger partial charge in [-0.05, 0) is 42.9 Å². The van der Waals surface area contributed by atoms with E-state index in [0.717, 1.165) is 53.1 Å². The summed E-state index contributed by atoms with van der Waals surface area (Å²) in [5, 5.41) is 11.6. The maximum atomic E-state index is 12.8. The van der Waals surface area contributed by atoms with Gasteiger partial charge in [-0.25, -0.2) is 4.79 Å². The molecule has 3 aromatic rings. The molecule has 8 heteroatoms. The average Bonchev–Trinajstić information content (AvgIpc) is 2.75. The molecule has 0 N–H and O–H groups in total. The normalized spacial score (nSPS) is 13.1. The van der Waals surface area contributed by atoms with E-state index in [9.17, 15) is 14.9 Å². The molecule has 29 heavy (non-hydrogen) atoms. The van der Waals surface area contributed by atoms with E-state index < -0.39 is 4.92 Å². The molecule has 7 nitrogen and oxygen atoms in total. The Morgan fingerprint density at radius 3 is 2.62 bits per heavy atom. The van der Waals surface area contributed by atoms with Gasteiger partial charge in [0.2, 0.25) is 0 Å². The van der Waals surface area contributed by atoms with E-state index in [-0.39, 0.29) is 11.4 Å². The number of benzene rings is 1. The molecule has 2 heterocycles. The van der Waals surface area contributed by atoms with Crippen LogP contribution in [-0.2, 0) is 25.1 Å². The van der Waals surface area contributed by atoms with Gasteiger partial charge >= 0.3 is 5.69 Å². The van der Waals surface area contributed by atoms with Crippen molar-refractivity contribution in [3.63, 3.8) is 0 Å². The molecule has 0 fully saturated rings. The SMILES string of the molecule is O=c1nc(SCc2ccc([N+](=O)[O-])cc2)c2c(n1Cc1cccnc1)CCCC2. The van der Waals surface area contributed by atoms with Crippen LogP contribution in [0.4, 0.5) is 5.69 Å². The van der Waals surface area contributed by atoms with E-state index in [0.29, 0.717) is 12.3 Å². The van der Waals surface area contributed by atoms with Crippen LogP contribution < -0.4 is 5.69 Å². The van der Waals surface area contributed by atoms with Gasteiger partial charge in [0.15, 0.2) is 0 Å². The number of aromatic nitrogens is 3. The second-order valence-corrected chi connectivity index (χ2v) is 7.96. The highest BCUT2D eigenvalue weighted by molar-refractivity contribution is 7.98. The number of non-ortho nitro benzene ring substituents is 1. The summed E-state index contributed by atoms with van der Waals surface area (Å²) in [7, 11) is 0. The van der Waals surface area contributed by atoms with Gasteiger partial charge in [-0.3, -0.25) is 19.7 Å². The fourth-order valence-electron chi connectivity index (χ4n) is 3.57. The zero-order chi connectivity index (χ0) is 20.2. The first-order valence-electron chi connectivity index (χ1n) is 9.49. The van der Waals surface area contributed by atoms with Crippen molar-refractivity contribution in [2.24, 2.45) is 0 Å². The van der Waals surface area contributed by atoms with Crippen molar-refractivity contribution >= 4 is 17.4 Å². The van der Waals surface area contributed by atoms with Gasteiger partial charge < -0.3 is 0 Å². The minimum Gasteiger partial charge on any atom is -0.291 e. The minimum atomic E-state index is -0.406. The average molecular weight is 408 g/mol. The molecule has 148 valence electrons. The Kier molecular flexibility index (Phi) is 5.71.